The first-order chi connectivity index (χ1) is 14.5. The lowest BCUT2D eigenvalue weighted by Gasteiger charge is -2.17. The van der Waals surface area contributed by atoms with Gasteiger partial charge in [0.05, 0.1) is 12.7 Å². The second-order valence-electron chi connectivity index (χ2n) is 6.57. The fourth-order valence-corrected chi connectivity index (χ4v) is 3.64. The number of aromatic carboxylic acids is 1. The van der Waals surface area contributed by atoms with Gasteiger partial charge in [0.15, 0.2) is 5.75 Å². The number of nitrogens with zero attached hydrogens (tertiary/aromatic N) is 2. The molecule has 0 atom stereocenters. The largest absolute Gasteiger partial charge is 0.494 e. The van der Waals surface area contributed by atoms with Crippen LogP contribution in [0.1, 0.15) is 10.4 Å². The predicted molar refractivity (Wildman–Crippen MR) is 118 cm³/mol. The van der Waals surface area contributed by atoms with Gasteiger partial charge in [-0.2, -0.15) is 0 Å². The van der Waals surface area contributed by atoms with E-state index < -0.39 is 5.97 Å². The first-order valence-corrected chi connectivity index (χ1v) is 9.55. The lowest BCUT2D eigenvalue weighted by Crippen LogP contribution is -2.00. The third-order valence-electron chi connectivity index (χ3n) is 4.86. The van der Waals surface area contributed by atoms with Crippen molar-refractivity contribution in [1.82, 2.24) is 9.97 Å². The third kappa shape index (κ3) is 3.42. The summed E-state index contributed by atoms with van der Waals surface area (Å²) in [5, 5.41) is 13.6. The van der Waals surface area contributed by atoms with Gasteiger partial charge in [-0.1, -0.05) is 41.9 Å². The molecule has 0 fully saturated rings. The average Bonchev–Trinajstić information content (AvgIpc) is 2.78. The molecular formula is C23H18ClN3O3. The highest BCUT2D eigenvalue weighted by atomic mass is 35.5. The van der Waals surface area contributed by atoms with Gasteiger partial charge in [0, 0.05) is 34.8 Å². The number of carbonyl (C=O) groups is 1. The molecule has 30 heavy (non-hydrogen) atoms. The number of hydrogen-bond donors (Lipinski definition) is 2. The molecule has 0 unspecified atom stereocenters. The Hall–Kier alpha value is -3.64. The minimum absolute atomic E-state index is 0.213. The fraction of sp³-hybridized carbons (Fsp3) is 0.0870. The molecule has 1 heterocycles. The Bertz CT molecular complexity index is 1260. The number of methoxy groups -OCH3 is 1. The molecule has 2 N–H and O–H groups in total. The van der Waals surface area contributed by atoms with Crippen molar-refractivity contribution < 1.29 is 14.6 Å². The number of nitrogens with one attached hydrogen (secondary N) is 1. The van der Waals surface area contributed by atoms with E-state index in [4.69, 9.17) is 16.3 Å². The molecule has 0 amide bonds. The SMILES string of the molecule is CNc1ncc2c(-c3ccccc3Cl)cc(-c3ccc(C(=O)O)cc3)c(OC)c2n1. The normalized spacial score (nSPS) is 10.8. The van der Waals surface area contributed by atoms with Crippen molar-refractivity contribution in [2.45, 2.75) is 0 Å². The second-order valence-corrected chi connectivity index (χ2v) is 6.98. The first-order valence-electron chi connectivity index (χ1n) is 9.17. The summed E-state index contributed by atoms with van der Waals surface area (Å²) < 4.78 is 5.74. The van der Waals surface area contributed by atoms with Gasteiger partial charge in [0.1, 0.15) is 5.52 Å². The van der Waals surface area contributed by atoms with Gasteiger partial charge < -0.3 is 15.2 Å². The highest BCUT2D eigenvalue weighted by Gasteiger charge is 2.19. The highest BCUT2D eigenvalue weighted by Crippen LogP contribution is 2.43. The number of rotatable bonds is 5. The van der Waals surface area contributed by atoms with Crippen LogP contribution >= 0.6 is 11.6 Å². The number of carboxylic acid groups (broad SMARTS) is 1. The van der Waals surface area contributed by atoms with Gasteiger partial charge in [0.2, 0.25) is 5.95 Å². The van der Waals surface area contributed by atoms with Crippen LogP contribution in [0.5, 0.6) is 5.75 Å². The van der Waals surface area contributed by atoms with Gasteiger partial charge >= 0.3 is 5.97 Å². The number of fused-ring (bicyclic) bond motifs is 1. The van der Waals surface area contributed by atoms with E-state index in [9.17, 15) is 9.90 Å². The average molecular weight is 420 g/mol. The lowest BCUT2D eigenvalue weighted by atomic mass is 9.94. The van der Waals surface area contributed by atoms with Crippen LogP contribution in [-0.2, 0) is 0 Å². The van der Waals surface area contributed by atoms with E-state index in [1.165, 1.54) is 0 Å². The highest BCUT2D eigenvalue weighted by molar-refractivity contribution is 6.33. The summed E-state index contributed by atoms with van der Waals surface area (Å²) in [4.78, 5) is 20.2. The molecule has 0 aliphatic rings. The molecule has 0 bridgehead atoms. The van der Waals surface area contributed by atoms with E-state index in [-0.39, 0.29) is 5.56 Å². The summed E-state index contributed by atoms with van der Waals surface area (Å²) in [7, 11) is 3.33. The van der Waals surface area contributed by atoms with Crippen molar-refractivity contribution in [3.05, 3.63) is 71.4 Å². The molecule has 4 aromatic rings. The minimum atomic E-state index is -0.977. The maximum absolute atomic E-state index is 11.2. The number of benzene rings is 3. The molecule has 0 saturated heterocycles. The minimum Gasteiger partial charge on any atom is -0.494 e. The van der Waals surface area contributed by atoms with Crippen molar-refractivity contribution in [3.63, 3.8) is 0 Å². The van der Waals surface area contributed by atoms with Gasteiger partial charge in [-0.05, 0) is 35.4 Å². The number of carboxylic acids is 1. The van der Waals surface area contributed by atoms with Gasteiger partial charge in [-0.3, -0.25) is 0 Å². The monoisotopic (exact) mass is 419 g/mol. The fourth-order valence-electron chi connectivity index (χ4n) is 3.40. The van der Waals surface area contributed by atoms with Crippen LogP contribution in [-0.4, -0.2) is 35.2 Å². The van der Waals surface area contributed by atoms with Crippen LogP contribution in [0.2, 0.25) is 5.02 Å². The quantitative estimate of drug-likeness (QED) is 0.452. The summed E-state index contributed by atoms with van der Waals surface area (Å²) >= 11 is 6.50. The molecule has 4 rings (SSSR count). The first kappa shape index (κ1) is 19.7. The number of ether oxygens (including phenoxy) is 1. The van der Waals surface area contributed by atoms with Crippen molar-refractivity contribution >= 4 is 34.4 Å². The van der Waals surface area contributed by atoms with Crippen LogP contribution in [0.4, 0.5) is 5.95 Å². The molecule has 6 nitrogen and oxygen atoms in total. The summed E-state index contributed by atoms with van der Waals surface area (Å²) in [6.07, 6.45) is 1.74. The van der Waals surface area contributed by atoms with Crippen LogP contribution in [0.15, 0.2) is 60.8 Å². The summed E-state index contributed by atoms with van der Waals surface area (Å²) in [6, 6.07) is 16.2. The Morgan fingerprint density at radius 3 is 2.43 bits per heavy atom. The standard InChI is InChI=1S/C23H18ClN3O3/c1-25-23-26-12-18-17(15-5-3-4-6-19(15)24)11-16(21(30-2)20(18)27-23)13-7-9-14(10-8-13)22(28)29/h3-12H,1-2H3,(H,28,29)(H,25,26,27). The molecule has 0 aliphatic heterocycles. The smallest absolute Gasteiger partial charge is 0.335 e. The Kier molecular flexibility index (Phi) is 5.25. The number of anilines is 1. The maximum Gasteiger partial charge on any atom is 0.335 e. The third-order valence-corrected chi connectivity index (χ3v) is 5.19. The summed E-state index contributed by atoms with van der Waals surface area (Å²) in [5.41, 5.74) is 4.12. The van der Waals surface area contributed by atoms with E-state index in [0.29, 0.717) is 22.2 Å². The zero-order chi connectivity index (χ0) is 21.3. The lowest BCUT2D eigenvalue weighted by molar-refractivity contribution is 0.0697. The molecular weight excluding hydrogens is 402 g/mol. The van der Waals surface area contributed by atoms with E-state index in [2.05, 4.69) is 15.3 Å². The topological polar surface area (TPSA) is 84.3 Å². The molecule has 0 spiro atoms. The van der Waals surface area contributed by atoms with E-state index in [1.54, 1.807) is 44.6 Å². The molecule has 0 radical (unpaired) electrons. The van der Waals surface area contributed by atoms with Crippen LogP contribution in [0.3, 0.4) is 0 Å². The molecule has 1 aromatic heterocycles. The molecule has 0 saturated carbocycles. The van der Waals surface area contributed by atoms with E-state index >= 15 is 0 Å². The Balaban J connectivity index is 2.06. The van der Waals surface area contributed by atoms with Crippen LogP contribution in [0, 0.1) is 0 Å². The maximum atomic E-state index is 11.2. The van der Waals surface area contributed by atoms with Crippen molar-refractivity contribution in [2.75, 3.05) is 19.5 Å². The number of hydrogen-bond acceptors (Lipinski definition) is 5. The van der Waals surface area contributed by atoms with Crippen LogP contribution in [0.25, 0.3) is 33.2 Å². The molecule has 150 valence electrons. The van der Waals surface area contributed by atoms with E-state index in [0.717, 1.165) is 27.6 Å². The zero-order valence-corrected chi connectivity index (χ0v) is 17.1. The van der Waals surface area contributed by atoms with Crippen molar-refractivity contribution in [1.29, 1.82) is 0 Å². The predicted octanol–water partition coefficient (Wildman–Crippen LogP) is 5.37. The van der Waals surface area contributed by atoms with Crippen molar-refractivity contribution in [2.24, 2.45) is 0 Å². The Labute approximate surface area is 178 Å². The summed E-state index contributed by atoms with van der Waals surface area (Å²) in [5.74, 6) is 0.0576. The molecule has 0 aliphatic carbocycles. The van der Waals surface area contributed by atoms with Crippen LogP contribution < -0.4 is 10.1 Å². The molecule has 7 heteroatoms. The zero-order valence-electron chi connectivity index (χ0n) is 16.3. The second kappa shape index (κ2) is 8.00. The van der Waals surface area contributed by atoms with Gasteiger partial charge in [-0.15, -0.1) is 0 Å². The Morgan fingerprint density at radius 2 is 1.80 bits per heavy atom. The van der Waals surface area contributed by atoms with E-state index in [1.807, 2.05) is 30.3 Å². The van der Waals surface area contributed by atoms with Gasteiger partial charge in [0.25, 0.3) is 0 Å². The summed E-state index contributed by atoms with van der Waals surface area (Å²) in [6.45, 7) is 0. The Morgan fingerprint density at radius 1 is 1.07 bits per heavy atom. The van der Waals surface area contributed by atoms with Gasteiger partial charge in [-0.25, -0.2) is 14.8 Å². The molecule has 3 aromatic carbocycles. The van der Waals surface area contributed by atoms with Crippen molar-refractivity contribution in [3.8, 4) is 28.0 Å². The number of aromatic nitrogens is 2. The number of halogens is 1.